The summed E-state index contributed by atoms with van der Waals surface area (Å²) in [5.41, 5.74) is 0. The maximum atomic E-state index is 2.38. The molecule has 1 unspecified atom stereocenters. The van der Waals surface area contributed by atoms with E-state index >= 15 is 0 Å². The molecular formula is C12H24. The predicted molar refractivity (Wildman–Crippen MR) is 55.2 cm³/mol. The van der Waals surface area contributed by atoms with Gasteiger partial charge in [-0.05, 0) is 24.2 Å². The molecule has 0 spiro atoms. The number of rotatable bonds is 6. The first kappa shape index (κ1) is 10.1. The Morgan fingerprint density at radius 2 is 1.83 bits per heavy atom. The average molecular weight is 168 g/mol. The van der Waals surface area contributed by atoms with Crippen LogP contribution in [0.25, 0.3) is 0 Å². The fourth-order valence-corrected chi connectivity index (χ4v) is 2.04. The van der Waals surface area contributed by atoms with Crippen LogP contribution in [0.15, 0.2) is 0 Å². The minimum Gasteiger partial charge on any atom is -0.0654 e. The highest BCUT2D eigenvalue weighted by Gasteiger charge is 2.23. The molecule has 1 fully saturated rings. The van der Waals surface area contributed by atoms with Gasteiger partial charge in [0.1, 0.15) is 0 Å². The van der Waals surface area contributed by atoms with Crippen molar-refractivity contribution in [2.45, 2.75) is 59.3 Å². The molecule has 0 aromatic rings. The van der Waals surface area contributed by atoms with Crippen molar-refractivity contribution in [2.24, 2.45) is 17.8 Å². The molecule has 0 aromatic carbocycles. The highest BCUT2D eigenvalue weighted by atomic mass is 14.3. The molecule has 0 nitrogen and oxygen atoms in total. The van der Waals surface area contributed by atoms with E-state index in [1.807, 2.05) is 0 Å². The second-order valence-corrected chi connectivity index (χ2v) is 4.81. The van der Waals surface area contributed by atoms with Gasteiger partial charge in [-0.2, -0.15) is 0 Å². The van der Waals surface area contributed by atoms with Gasteiger partial charge in [0.05, 0.1) is 0 Å². The number of hydrogen-bond donors (Lipinski definition) is 0. The predicted octanol–water partition coefficient (Wildman–Crippen LogP) is 4.25. The first-order valence-electron chi connectivity index (χ1n) is 5.74. The Morgan fingerprint density at radius 1 is 1.17 bits per heavy atom. The van der Waals surface area contributed by atoms with Gasteiger partial charge in [-0.1, -0.05) is 52.9 Å². The first-order chi connectivity index (χ1) is 5.74. The van der Waals surface area contributed by atoms with Crippen molar-refractivity contribution in [3.63, 3.8) is 0 Å². The second kappa shape index (κ2) is 4.89. The van der Waals surface area contributed by atoms with Crippen LogP contribution in [0.3, 0.4) is 0 Å². The van der Waals surface area contributed by atoms with E-state index in [0.717, 1.165) is 17.8 Å². The summed E-state index contributed by atoms with van der Waals surface area (Å²) in [7, 11) is 0. The van der Waals surface area contributed by atoms with Crippen molar-refractivity contribution in [3.8, 4) is 0 Å². The lowest BCUT2D eigenvalue weighted by atomic mass is 9.87. The summed E-state index contributed by atoms with van der Waals surface area (Å²) in [6.45, 7) is 7.08. The van der Waals surface area contributed by atoms with Crippen LogP contribution in [0.5, 0.6) is 0 Å². The Hall–Kier alpha value is 0. The van der Waals surface area contributed by atoms with E-state index in [0.29, 0.717) is 0 Å². The molecule has 0 bridgehead atoms. The van der Waals surface area contributed by atoms with Crippen LogP contribution in [-0.2, 0) is 0 Å². The molecule has 12 heavy (non-hydrogen) atoms. The molecule has 1 aliphatic carbocycles. The molecule has 72 valence electrons. The maximum Gasteiger partial charge on any atom is -0.0391 e. The monoisotopic (exact) mass is 168 g/mol. The lowest BCUT2D eigenvalue weighted by Gasteiger charge is -2.19. The molecule has 0 heteroatoms. The molecule has 0 radical (unpaired) electrons. The Bertz CT molecular complexity index is 111. The fraction of sp³-hybridized carbons (Fsp3) is 1.00. The van der Waals surface area contributed by atoms with Crippen LogP contribution in [0.2, 0.25) is 0 Å². The van der Waals surface area contributed by atoms with E-state index in [2.05, 4.69) is 20.8 Å². The zero-order valence-corrected chi connectivity index (χ0v) is 8.97. The minimum atomic E-state index is 0.906. The van der Waals surface area contributed by atoms with E-state index in [-0.39, 0.29) is 0 Å². The van der Waals surface area contributed by atoms with E-state index in [9.17, 15) is 0 Å². The molecule has 1 rings (SSSR count). The fourth-order valence-electron chi connectivity index (χ4n) is 2.04. The maximum absolute atomic E-state index is 2.38. The Morgan fingerprint density at radius 3 is 2.25 bits per heavy atom. The first-order valence-corrected chi connectivity index (χ1v) is 5.74. The largest absolute Gasteiger partial charge is 0.0654 e. The summed E-state index contributed by atoms with van der Waals surface area (Å²) < 4.78 is 0. The van der Waals surface area contributed by atoms with Gasteiger partial charge in [0.2, 0.25) is 0 Å². The molecule has 1 atom stereocenters. The third-order valence-corrected chi connectivity index (χ3v) is 3.24. The smallest absolute Gasteiger partial charge is 0.0391 e. The zero-order chi connectivity index (χ0) is 8.97. The number of hydrogen-bond acceptors (Lipinski definition) is 0. The van der Waals surface area contributed by atoms with Gasteiger partial charge in [0.25, 0.3) is 0 Å². The molecule has 1 aliphatic rings. The lowest BCUT2D eigenvalue weighted by molar-refractivity contribution is 0.320. The summed E-state index contributed by atoms with van der Waals surface area (Å²) in [5.74, 6) is 3.04. The van der Waals surface area contributed by atoms with Crippen molar-refractivity contribution in [1.82, 2.24) is 0 Å². The van der Waals surface area contributed by atoms with Gasteiger partial charge < -0.3 is 0 Å². The van der Waals surface area contributed by atoms with Gasteiger partial charge in [-0.3, -0.25) is 0 Å². The Kier molecular flexibility index (Phi) is 4.11. The van der Waals surface area contributed by atoms with Crippen molar-refractivity contribution in [3.05, 3.63) is 0 Å². The van der Waals surface area contributed by atoms with Crippen molar-refractivity contribution >= 4 is 0 Å². The van der Waals surface area contributed by atoms with Gasteiger partial charge >= 0.3 is 0 Å². The SMILES string of the molecule is CCCC(CCC1CC1)C(C)C. The summed E-state index contributed by atoms with van der Waals surface area (Å²) in [5, 5.41) is 0. The standard InChI is InChI=1S/C12H24/c1-4-5-12(10(2)3)9-8-11-6-7-11/h10-12H,4-9H2,1-3H3. The highest BCUT2D eigenvalue weighted by Crippen LogP contribution is 2.36. The Labute approximate surface area is 77.7 Å². The van der Waals surface area contributed by atoms with Crippen molar-refractivity contribution in [1.29, 1.82) is 0 Å². The lowest BCUT2D eigenvalue weighted by Crippen LogP contribution is -2.08. The average Bonchev–Trinajstić information content (AvgIpc) is 2.80. The molecule has 0 heterocycles. The summed E-state index contributed by atoms with van der Waals surface area (Å²) in [6.07, 6.45) is 8.88. The van der Waals surface area contributed by atoms with E-state index < -0.39 is 0 Å². The van der Waals surface area contributed by atoms with Crippen LogP contribution in [0.4, 0.5) is 0 Å². The van der Waals surface area contributed by atoms with Gasteiger partial charge in [0, 0.05) is 0 Å². The Balaban J connectivity index is 2.11. The molecule has 0 saturated heterocycles. The van der Waals surface area contributed by atoms with Crippen LogP contribution >= 0.6 is 0 Å². The molecule has 1 saturated carbocycles. The third-order valence-electron chi connectivity index (χ3n) is 3.24. The minimum absolute atomic E-state index is 0.906. The van der Waals surface area contributed by atoms with Crippen molar-refractivity contribution < 1.29 is 0 Å². The zero-order valence-electron chi connectivity index (χ0n) is 8.97. The van der Waals surface area contributed by atoms with Gasteiger partial charge in [-0.25, -0.2) is 0 Å². The molecule has 0 N–H and O–H groups in total. The highest BCUT2D eigenvalue weighted by molar-refractivity contribution is 4.75. The van der Waals surface area contributed by atoms with Crippen LogP contribution in [0, 0.1) is 17.8 Å². The third kappa shape index (κ3) is 3.60. The molecule has 0 amide bonds. The molecular weight excluding hydrogens is 144 g/mol. The van der Waals surface area contributed by atoms with Crippen LogP contribution in [0.1, 0.15) is 59.3 Å². The molecule has 0 aromatic heterocycles. The van der Waals surface area contributed by atoms with Gasteiger partial charge in [-0.15, -0.1) is 0 Å². The second-order valence-electron chi connectivity index (χ2n) is 4.81. The van der Waals surface area contributed by atoms with E-state index in [1.54, 1.807) is 0 Å². The molecule has 0 aliphatic heterocycles. The van der Waals surface area contributed by atoms with E-state index in [4.69, 9.17) is 0 Å². The van der Waals surface area contributed by atoms with E-state index in [1.165, 1.54) is 38.5 Å². The summed E-state index contributed by atoms with van der Waals surface area (Å²) >= 11 is 0. The normalized spacial score (nSPS) is 20.0. The van der Waals surface area contributed by atoms with Crippen LogP contribution in [-0.4, -0.2) is 0 Å². The summed E-state index contributed by atoms with van der Waals surface area (Å²) in [4.78, 5) is 0. The van der Waals surface area contributed by atoms with Crippen LogP contribution < -0.4 is 0 Å². The summed E-state index contributed by atoms with van der Waals surface area (Å²) in [6, 6.07) is 0. The van der Waals surface area contributed by atoms with Gasteiger partial charge in [0.15, 0.2) is 0 Å². The topological polar surface area (TPSA) is 0 Å². The quantitative estimate of drug-likeness (QED) is 0.556. The van der Waals surface area contributed by atoms with Crippen molar-refractivity contribution in [2.75, 3.05) is 0 Å².